The van der Waals surface area contributed by atoms with Crippen molar-refractivity contribution in [3.8, 4) is 5.69 Å². The number of para-hydroxylation sites is 1. The Morgan fingerprint density at radius 1 is 1.09 bits per heavy atom. The Morgan fingerprint density at radius 3 is 2.56 bits per heavy atom. The Hall–Kier alpha value is -2.71. The van der Waals surface area contributed by atoms with E-state index >= 15 is 0 Å². The van der Waals surface area contributed by atoms with Crippen LogP contribution in [0.3, 0.4) is 0 Å². The molecule has 1 aliphatic heterocycles. The Balaban J connectivity index is 1.52. The second-order valence-electron chi connectivity index (χ2n) is 8.61. The molecule has 0 saturated carbocycles. The highest BCUT2D eigenvalue weighted by atomic mass is 32.2. The average molecular weight is 482 g/mol. The van der Waals surface area contributed by atoms with Crippen LogP contribution in [0.2, 0.25) is 0 Å². The maximum Gasteiger partial charge on any atom is 0.233 e. The lowest BCUT2D eigenvalue weighted by molar-refractivity contribution is -0.128. The molecule has 0 aliphatic carbocycles. The summed E-state index contributed by atoms with van der Waals surface area (Å²) >= 11 is 1.40. The maximum atomic E-state index is 13.6. The number of halogens is 1. The van der Waals surface area contributed by atoms with Crippen molar-refractivity contribution in [2.24, 2.45) is 0 Å². The van der Waals surface area contributed by atoms with Crippen molar-refractivity contribution in [2.45, 2.75) is 50.9 Å². The summed E-state index contributed by atoms with van der Waals surface area (Å²) in [6.45, 7) is 7.19. The molecule has 0 spiro atoms. The van der Waals surface area contributed by atoms with Crippen LogP contribution in [0.15, 0.2) is 59.8 Å². The van der Waals surface area contributed by atoms with E-state index in [0.29, 0.717) is 18.2 Å². The summed E-state index contributed by atoms with van der Waals surface area (Å²) in [6, 6.07) is 16.6. The van der Waals surface area contributed by atoms with Gasteiger partial charge in [0, 0.05) is 18.8 Å². The third kappa shape index (κ3) is 5.85. The third-order valence-electron chi connectivity index (χ3n) is 6.31. The minimum absolute atomic E-state index is 0.00926. The van der Waals surface area contributed by atoms with Gasteiger partial charge in [-0.05, 0) is 69.6 Å². The highest BCUT2D eigenvalue weighted by Crippen LogP contribution is 2.29. The number of benzene rings is 2. The minimum atomic E-state index is -0.290. The molecule has 34 heavy (non-hydrogen) atoms. The molecule has 1 atom stereocenters. The van der Waals surface area contributed by atoms with Crippen LogP contribution in [0.1, 0.15) is 50.5 Å². The Kier molecular flexibility index (Phi) is 8.34. The second-order valence-corrected chi connectivity index (χ2v) is 9.55. The number of rotatable bonds is 9. The molecule has 180 valence electrons. The van der Waals surface area contributed by atoms with E-state index in [0.717, 1.165) is 30.2 Å². The number of carbonyl (C=O) groups excluding carboxylic acids is 1. The van der Waals surface area contributed by atoms with Crippen molar-refractivity contribution in [1.82, 2.24) is 24.6 Å². The predicted molar refractivity (Wildman–Crippen MR) is 133 cm³/mol. The molecule has 0 radical (unpaired) electrons. The van der Waals surface area contributed by atoms with Crippen LogP contribution < -0.4 is 0 Å². The molecule has 2 aromatic carbocycles. The highest BCUT2D eigenvalue weighted by Gasteiger charge is 2.26. The fraction of sp³-hybridized carbons (Fsp3) is 0.423. The molecule has 1 unspecified atom stereocenters. The molecule has 1 aliphatic rings. The Bertz CT molecular complexity index is 1080. The van der Waals surface area contributed by atoms with Crippen molar-refractivity contribution in [2.75, 3.05) is 25.4 Å². The van der Waals surface area contributed by atoms with Gasteiger partial charge in [-0.25, -0.2) is 4.39 Å². The van der Waals surface area contributed by atoms with E-state index in [1.54, 1.807) is 11.0 Å². The van der Waals surface area contributed by atoms with Gasteiger partial charge in [0.15, 0.2) is 11.0 Å². The van der Waals surface area contributed by atoms with Gasteiger partial charge >= 0.3 is 0 Å². The number of thioether (sulfide) groups is 1. The maximum absolute atomic E-state index is 13.6. The zero-order valence-electron chi connectivity index (χ0n) is 19.9. The smallest absolute Gasteiger partial charge is 0.233 e. The number of nitrogens with zero attached hydrogens (tertiary/aromatic N) is 5. The van der Waals surface area contributed by atoms with Crippen molar-refractivity contribution < 1.29 is 9.18 Å². The molecule has 1 fully saturated rings. The number of amides is 1. The van der Waals surface area contributed by atoms with Gasteiger partial charge in [0.1, 0.15) is 5.82 Å². The number of hydrogen-bond donors (Lipinski definition) is 0. The molecule has 8 heteroatoms. The molecule has 1 saturated heterocycles. The van der Waals surface area contributed by atoms with Crippen LogP contribution in [0.5, 0.6) is 0 Å². The molecule has 0 bridgehead atoms. The van der Waals surface area contributed by atoms with Gasteiger partial charge in [0.05, 0.1) is 11.8 Å². The SMILES string of the molecule is CCN(Cc1cccc(F)c1)C(=O)CSc1nnc(C(C)N2CCCCC2)n1-c1ccccc1. The molecule has 3 aromatic rings. The number of likely N-dealkylation sites (tertiary alicyclic amines) is 1. The number of aromatic nitrogens is 3. The fourth-order valence-electron chi connectivity index (χ4n) is 4.38. The summed E-state index contributed by atoms with van der Waals surface area (Å²) in [4.78, 5) is 17.2. The number of hydrogen-bond acceptors (Lipinski definition) is 5. The first-order valence-electron chi connectivity index (χ1n) is 12.0. The van der Waals surface area contributed by atoms with Gasteiger partial charge in [-0.15, -0.1) is 10.2 Å². The summed E-state index contributed by atoms with van der Waals surface area (Å²) in [5.41, 5.74) is 1.78. The zero-order chi connectivity index (χ0) is 23.9. The van der Waals surface area contributed by atoms with Crippen LogP contribution in [0.4, 0.5) is 4.39 Å². The molecule has 0 N–H and O–H groups in total. The predicted octanol–water partition coefficient (Wildman–Crippen LogP) is 5.09. The van der Waals surface area contributed by atoms with E-state index < -0.39 is 0 Å². The van der Waals surface area contributed by atoms with Gasteiger partial charge in [-0.3, -0.25) is 14.3 Å². The van der Waals surface area contributed by atoms with Gasteiger partial charge in [0.2, 0.25) is 5.91 Å². The van der Waals surface area contributed by atoms with E-state index in [1.807, 2.05) is 43.3 Å². The van der Waals surface area contributed by atoms with E-state index in [2.05, 4.69) is 26.6 Å². The second kappa shape index (κ2) is 11.6. The quantitative estimate of drug-likeness (QED) is 0.398. The van der Waals surface area contributed by atoms with Gasteiger partial charge in [-0.2, -0.15) is 0 Å². The summed E-state index contributed by atoms with van der Waals surface area (Å²) in [7, 11) is 0. The van der Waals surface area contributed by atoms with Crippen LogP contribution in [-0.4, -0.2) is 55.9 Å². The number of carbonyl (C=O) groups is 1. The van der Waals surface area contributed by atoms with Crippen LogP contribution in [0, 0.1) is 5.82 Å². The highest BCUT2D eigenvalue weighted by molar-refractivity contribution is 7.99. The van der Waals surface area contributed by atoms with Crippen molar-refractivity contribution in [3.63, 3.8) is 0 Å². The molecular weight excluding hydrogens is 449 g/mol. The molecule has 1 aromatic heterocycles. The lowest BCUT2D eigenvalue weighted by Gasteiger charge is -2.31. The normalized spacial score (nSPS) is 15.3. The van der Waals surface area contributed by atoms with Crippen LogP contribution in [-0.2, 0) is 11.3 Å². The minimum Gasteiger partial charge on any atom is -0.338 e. The topological polar surface area (TPSA) is 54.3 Å². The van der Waals surface area contributed by atoms with E-state index in [-0.39, 0.29) is 23.5 Å². The Labute approximate surface area is 205 Å². The molecule has 4 rings (SSSR count). The lowest BCUT2D eigenvalue weighted by atomic mass is 10.1. The summed E-state index contributed by atoms with van der Waals surface area (Å²) in [5, 5.41) is 9.77. The van der Waals surface area contributed by atoms with Crippen LogP contribution in [0.25, 0.3) is 5.69 Å². The zero-order valence-corrected chi connectivity index (χ0v) is 20.7. The lowest BCUT2D eigenvalue weighted by Crippen LogP contribution is -2.33. The van der Waals surface area contributed by atoms with E-state index in [9.17, 15) is 9.18 Å². The fourth-order valence-corrected chi connectivity index (χ4v) is 5.25. The third-order valence-corrected chi connectivity index (χ3v) is 7.22. The van der Waals surface area contributed by atoms with E-state index in [1.165, 1.54) is 43.2 Å². The molecule has 2 heterocycles. The molecule has 1 amide bonds. The van der Waals surface area contributed by atoms with E-state index in [4.69, 9.17) is 0 Å². The first-order valence-corrected chi connectivity index (χ1v) is 12.9. The first kappa shape index (κ1) is 24.4. The van der Waals surface area contributed by atoms with Crippen molar-refractivity contribution >= 4 is 17.7 Å². The monoisotopic (exact) mass is 481 g/mol. The van der Waals surface area contributed by atoms with Crippen LogP contribution >= 0.6 is 11.8 Å². The Morgan fingerprint density at radius 2 is 1.85 bits per heavy atom. The van der Waals surface area contributed by atoms with Gasteiger partial charge < -0.3 is 4.90 Å². The van der Waals surface area contributed by atoms with Crippen molar-refractivity contribution in [3.05, 3.63) is 71.8 Å². The largest absolute Gasteiger partial charge is 0.338 e. The standard InChI is InChI=1S/C26H32FN5OS/c1-3-30(18-21-11-10-12-22(27)17-21)24(33)19-34-26-29-28-25(20(2)31-15-8-5-9-16-31)32(26)23-13-6-4-7-14-23/h4,6-7,10-14,17,20H,3,5,8-9,15-16,18-19H2,1-2H3. The first-order chi connectivity index (χ1) is 16.6. The van der Waals surface area contributed by atoms with Gasteiger partial charge in [0.25, 0.3) is 0 Å². The average Bonchev–Trinajstić information content (AvgIpc) is 3.30. The van der Waals surface area contributed by atoms with Gasteiger partial charge in [-0.1, -0.05) is 48.5 Å². The summed E-state index contributed by atoms with van der Waals surface area (Å²) in [5.74, 6) is 0.841. The summed E-state index contributed by atoms with van der Waals surface area (Å²) in [6.07, 6.45) is 3.69. The summed E-state index contributed by atoms with van der Waals surface area (Å²) < 4.78 is 15.7. The number of piperidine rings is 1. The molecule has 6 nitrogen and oxygen atoms in total. The van der Waals surface area contributed by atoms with Crippen molar-refractivity contribution in [1.29, 1.82) is 0 Å². The molecular formula is C26H32FN5OS.